The van der Waals surface area contributed by atoms with E-state index in [9.17, 15) is 0 Å². The quantitative estimate of drug-likeness (QED) is 0.758. The maximum atomic E-state index is 5.18. The first kappa shape index (κ1) is 15.0. The SMILES string of the molecule is COCCn1cncc1CN1C[C@H](C2CC2)[C@@H](N(C)C)C1. The van der Waals surface area contributed by atoms with Crippen LogP contribution < -0.4 is 0 Å². The lowest BCUT2D eigenvalue weighted by molar-refractivity contribution is 0.184. The Morgan fingerprint density at radius 2 is 2.14 bits per heavy atom. The molecule has 0 aromatic carbocycles. The fourth-order valence-electron chi connectivity index (χ4n) is 3.66. The molecule has 2 heterocycles. The lowest BCUT2D eigenvalue weighted by Gasteiger charge is -2.25. The molecule has 1 aromatic heterocycles. The summed E-state index contributed by atoms with van der Waals surface area (Å²) in [4.78, 5) is 9.33. The van der Waals surface area contributed by atoms with Gasteiger partial charge in [-0.05, 0) is 38.8 Å². The predicted octanol–water partition coefficient (Wildman–Crippen LogP) is 1.30. The Morgan fingerprint density at radius 3 is 2.81 bits per heavy atom. The van der Waals surface area contributed by atoms with Crippen LogP contribution in [0.4, 0.5) is 0 Å². The van der Waals surface area contributed by atoms with E-state index in [2.05, 4.69) is 33.4 Å². The molecule has 0 bridgehead atoms. The van der Waals surface area contributed by atoms with Crippen LogP contribution in [0.15, 0.2) is 12.5 Å². The summed E-state index contributed by atoms with van der Waals surface area (Å²) >= 11 is 0. The number of hydrogen-bond donors (Lipinski definition) is 0. The number of nitrogens with zero attached hydrogens (tertiary/aromatic N) is 4. The summed E-state index contributed by atoms with van der Waals surface area (Å²) in [5.74, 6) is 1.83. The molecule has 0 amide bonds. The van der Waals surface area contributed by atoms with Gasteiger partial charge < -0.3 is 14.2 Å². The average molecular weight is 292 g/mol. The average Bonchev–Trinajstić information content (AvgIpc) is 3.07. The van der Waals surface area contributed by atoms with E-state index in [1.807, 2.05) is 12.5 Å². The largest absolute Gasteiger partial charge is 0.383 e. The van der Waals surface area contributed by atoms with Crippen LogP contribution in [0.5, 0.6) is 0 Å². The van der Waals surface area contributed by atoms with Crippen molar-refractivity contribution in [3.63, 3.8) is 0 Å². The van der Waals surface area contributed by atoms with Crippen LogP contribution in [-0.2, 0) is 17.8 Å². The second-order valence-corrected chi connectivity index (χ2v) is 6.80. The first-order valence-electron chi connectivity index (χ1n) is 8.05. The van der Waals surface area contributed by atoms with E-state index in [4.69, 9.17) is 4.74 Å². The summed E-state index contributed by atoms with van der Waals surface area (Å²) in [5.41, 5.74) is 1.31. The highest BCUT2D eigenvalue weighted by Crippen LogP contribution is 2.42. The molecule has 1 aromatic rings. The molecular formula is C16H28N4O. The fourth-order valence-corrected chi connectivity index (χ4v) is 3.66. The number of imidazole rings is 1. The molecule has 1 saturated heterocycles. The van der Waals surface area contributed by atoms with Crippen molar-refractivity contribution in [1.29, 1.82) is 0 Å². The maximum absolute atomic E-state index is 5.18. The Hall–Kier alpha value is -0.910. The molecule has 5 nitrogen and oxygen atoms in total. The van der Waals surface area contributed by atoms with Gasteiger partial charge in [-0.2, -0.15) is 0 Å². The third-order valence-electron chi connectivity index (χ3n) is 5.02. The number of aromatic nitrogens is 2. The van der Waals surface area contributed by atoms with Crippen molar-refractivity contribution in [2.24, 2.45) is 11.8 Å². The molecule has 3 rings (SSSR count). The van der Waals surface area contributed by atoms with Gasteiger partial charge in [0.25, 0.3) is 0 Å². The van der Waals surface area contributed by atoms with E-state index >= 15 is 0 Å². The molecule has 0 N–H and O–H groups in total. The molecule has 1 aliphatic carbocycles. The van der Waals surface area contributed by atoms with Gasteiger partial charge in [-0.1, -0.05) is 0 Å². The molecule has 2 atom stereocenters. The van der Waals surface area contributed by atoms with Crippen molar-refractivity contribution in [3.8, 4) is 0 Å². The lowest BCUT2D eigenvalue weighted by atomic mass is 9.97. The van der Waals surface area contributed by atoms with Gasteiger partial charge in [-0.15, -0.1) is 0 Å². The van der Waals surface area contributed by atoms with Crippen molar-refractivity contribution >= 4 is 0 Å². The van der Waals surface area contributed by atoms with E-state index in [0.29, 0.717) is 6.04 Å². The van der Waals surface area contributed by atoms with Gasteiger partial charge in [-0.25, -0.2) is 4.98 Å². The predicted molar refractivity (Wildman–Crippen MR) is 83.1 cm³/mol. The number of methoxy groups -OCH3 is 1. The highest BCUT2D eigenvalue weighted by molar-refractivity contribution is 5.02. The van der Waals surface area contributed by atoms with E-state index in [1.54, 1.807) is 7.11 Å². The molecule has 2 fully saturated rings. The highest BCUT2D eigenvalue weighted by Gasteiger charge is 2.43. The Kier molecular flexibility index (Phi) is 4.62. The van der Waals surface area contributed by atoms with Gasteiger partial charge in [0.15, 0.2) is 0 Å². The number of rotatable bonds is 7. The van der Waals surface area contributed by atoms with E-state index < -0.39 is 0 Å². The number of likely N-dealkylation sites (N-methyl/N-ethyl adjacent to an activating group) is 1. The Bertz CT molecular complexity index is 445. The Morgan fingerprint density at radius 1 is 1.33 bits per heavy atom. The van der Waals surface area contributed by atoms with Crippen molar-refractivity contribution in [3.05, 3.63) is 18.2 Å². The van der Waals surface area contributed by atoms with Gasteiger partial charge in [-0.3, -0.25) is 4.90 Å². The van der Waals surface area contributed by atoms with Crippen LogP contribution in [-0.4, -0.2) is 66.3 Å². The smallest absolute Gasteiger partial charge is 0.0949 e. The molecule has 0 radical (unpaired) electrons. The minimum atomic E-state index is 0.716. The molecule has 2 aliphatic rings. The van der Waals surface area contributed by atoms with Crippen LogP contribution in [0.1, 0.15) is 18.5 Å². The van der Waals surface area contributed by atoms with Crippen molar-refractivity contribution in [2.75, 3.05) is 40.9 Å². The first-order chi connectivity index (χ1) is 10.2. The second kappa shape index (κ2) is 6.46. The van der Waals surface area contributed by atoms with Crippen LogP contribution in [0, 0.1) is 11.8 Å². The molecule has 1 aliphatic heterocycles. The second-order valence-electron chi connectivity index (χ2n) is 6.80. The Balaban J connectivity index is 1.61. The molecular weight excluding hydrogens is 264 g/mol. The van der Waals surface area contributed by atoms with Crippen LogP contribution >= 0.6 is 0 Å². The van der Waals surface area contributed by atoms with Gasteiger partial charge in [0.1, 0.15) is 0 Å². The van der Waals surface area contributed by atoms with Crippen molar-refractivity contribution in [2.45, 2.75) is 32.0 Å². The topological polar surface area (TPSA) is 33.5 Å². The van der Waals surface area contributed by atoms with Gasteiger partial charge >= 0.3 is 0 Å². The summed E-state index contributed by atoms with van der Waals surface area (Å²) in [6.45, 7) is 5.07. The van der Waals surface area contributed by atoms with Crippen LogP contribution in [0.25, 0.3) is 0 Å². The summed E-state index contributed by atoms with van der Waals surface area (Å²) in [6, 6.07) is 0.716. The molecule has 118 valence electrons. The van der Waals surface area contributed by atoms with E-state index in [1.165, 1.54) is 31.6 Å². The summed E-state index contributed by atoms with van der Waals surface area (Å²) in [7, 11) is 6.21. The Labute approximate surface area is 127 Å². The van der Waals surface area contributed by atoms with E-state index in [-0.39, 0.29) is 0 Å². The maximum Gasteiger partial charge on any atom is 0.0949 e. The monoisotopic (exact) mass is 292 g/mol. The normalized spacial score (nSPS) is 26.9. The summed E-state index contributed by atoms with van der Waals surface area (Å²) in [5, 5.41) is 0. The third kappa shape index (κ3) is 3.47. The highest BCUT2D eigenvalue weighted by atomic mass is 16.5. The minimum absolute atomic E-state index is 0.716. The zero-order valence-corrected chi connectivity index (χ0v) is 13.5. The summed E-state index contributed by atoms with van der Waals surface area (Å²) < 4.78 is 7.40. The minimum Gasteiger partial charge on any atom is -0.383 e. The standard InChI is InChI=1S/C16H28N4O/c1-18(2)16-11-19(10-15(16)13-4-5-13)9-14-8-17-12-20(14)6-7-21-3/h8,12-13,15-16H,4-7,9-11H2,1-3H3/t15-,16+/m1/s1. The van der Waals surface area contributed by atoms with E-state index in [0.717, 1.165) is 31.5 Å². The molecule has 21 heavy (non-hydrogen) atoms. The van der Waals surface area contributed by atoms with Gasteiger partial charge in [0, 0.05) is 45.5 Å². The number of likely N-dealkylation sites (tertiary alicyclic amines) is 1. The molecule has 0 spiro atoms. The van der Waals surface area contributed by atoms with Crippen molar-refractivity contribution < 1.29 is 4.74 Å². The zero-order valence-electron chi connectivity index (χ0n) is 13.5. The number of ether oxygens (including phenoxy) is 1. The van der Waals surface area contributed by atoms with Gasteiger partial charge in [0.2, 0.25) is 0 Å². The number of hydrogen-bond acceptors (Lipinski definition) is 4. The van der Waals surface area contributed by atoms with Crippen molar-refractivity contribution in [1.82, 2.24) is 19.4 Å². The molecule has 1 saturated carbocycles. The van der Waals surface area contributed by atoms with Crippen LogP contribution in [0.2, 0.25) is 0 Å². The fraction of sp³-hybridized carbons (Fsp3) is 0.812. The molecule has 0 unspecified atom stereocenters. The third-order valence-corrected chi connectivity index (χ3v) is 5.02. The van der Waals surface area contributed by atoms with Gasteiger partial charge in [0.05, 0.1) is 18.6 Å². The van der Waals surface area contributed by atoms with Crippen LogP contribution in [0.3, 0.4) is 0 Å². The zero-order chi connectivity index (χ0) is 14.8. The molecule has 5 heteroatoms. The summed E-state index contributed by atoms with van der Waals surface area (Å²) in [6.07, 6.45) is 6.81. The first-order valence-corrected chi connectivity index (χ1v) is 8.05. The lowest BCUT2D eigenvalue weighted by Crippen LogP contribution is -2.36.